The quantitative estimate of drug-likeness (QED) is 0.677. The molecule has 0 aromatic rings. The number of nitrogens with two attached hydrogens (primary N) is 1. The summed E-state index contributed by atoms with van der Waals surface area (Å²) >= 11 is 0. The molecule has 100 valence electrons. The first-order valence-corrected chi connectivity index (χ1v) is 5.34. The second kappa shape index (κ2) is 4.41. The largest absolute Gasteiger partial charge is 0.477 e. The van der Waals surface area contributed by atoms with Gasteiger partial charge in [0.05, 0.1) is 6.04 Å². The van der Waals surface area contributed by atoms with E-state index in [9.17, 15) is 18.8 Å². The number of primary amides is 1. The van der Waals surface area contributed by atoms with Crippen LogP contribution in [0.5, 0.6) is 0 Å². The molecule has 2 aliphatic rings. The van der Waals surface area contributed by atoms with Gasteiger partial charge in [0.1, 0.15) is 6.04 Å². The van der Waals surface area contributed by atoms with Crippen LogP contribution in [0.15, 0.2) is 0 Å². The zero-order valence-corrected chi connectivity index (χ0v) is 9.28. The topological polar surface area (TPSA) is 113 Å². The van der Waals surface area contributed by atoms with E-state index in [1.807, 2.05) is 0 Å². The van der Waals surface area contributed by atoms with Crippen molar-refractivity contribution in [1.82, 2.24) is 9.96 Å². The fourth-order valence-electron chi connectivity index (χ4n) is 2.21. The lowest BCUT2D eigenvalue weighted by Gasteiger charge is -2.27. The van der Waals surface area contributed by atoms with Gasteiger partial charge in [-0.25, -0.2) is 18.8 Å². The summed E-state index contributed by atoms with van der Waals surface area (Å²) in [6, 6.07) is -1.93. The van der Waals surface area contributed by atoms with Gasteiger partial charge < -0.3 is 15.7 Å². The third-order valence-electron chi connectivity index (χ3n) is 3.05. The number of nitrogens with zero attached hydrogens (tertiary/aromatic N) is 2. The Morgan fingerprint density at radius 3 is 2.72 bits per heavy atom. The summed E-state index contributed by atoms with van der Waals surface area (Å²) < 4.78 is 12.9. The number of carboxylic acid groups (broad SMARTS) is 1. The zero-order chi connectivity index (χ0) is 13.4. The van der Waals surface area contributed by atoms with Crippen LogP contribution in [0.3, 0.4) is 0 Å². The number of urea groups is 1. The van der Waals surface area contributed by atoms with E-state index in [1.54, 1.807) is 0 Å². The van der Waals surface area contributed by atoms with Crippen LogP contribution in [-0.2, 0) is 14.4 Å². The molecular weight excluding hydrogens is 249 g/mol. The molecule has 2 bridgehead atoms. The molecule has 0 aromatic heterocycles. The maximum absolute atomic E-state index is 12.9. The maximum atomic E-state index is 12.9. The fraction of sp³-hybridized carbons (Fsp3) is 0.667. The van der Waals surface area contributed by atoms with Crippen molar-refractivity contribution in [2.75, 3.05) is 6.54 Å². The molecule has 2 saturated heterocycles. The van der Waals surface area contributed by atoms with Crippen molar-refractivity contribution in [3.63, 3.8) is 0 Å². The first kappa shape index (κ1) is 12.6. The number of fused-ring (bicyclic) bond motifs is 2. The Bertz CT molecular complexity index is 404. The summed E-state index contributed by atoms with van der Waals surface area (Å²) in [6.45, 7) is 0.179. The second-order valence-corrected chi connectivity index (χ2v) is 4.17. The van der Waals surface area contributed by atoms with E-state index in [4.69, 9.17) is 10.8 Å². The van der Waals surface area contributed by atoms with E-state index in [1.165, 1.54) is 4.90 Å². The van der Waals surface area contributed by atoms with Gasteiger partial charge in [0.15, 0.2) is 0 Å². The highest BCUT2D eigenvalue weighted by molar-refractivity contribution is 5.87. The van der Waals surface area contributed by atoms with Crippen molar-refractivity contribution in [1.29, 1.82) is 0 Å². The van der Waals surface area contributed by atoms with E-state index in [2.05, 4.69) is 4.84 Å². The first-order valence-electron chi connectivity index (χ1n) is 5.34. The smallest absolute Gasteiger partial charge is 0.368 e. The van der Waals surface area contributed by atoms with Crippen molar-refractivity contribution in [3.05, 3.63) is 0 Å². The molecule has 0 aliphatic carbocycles. The summed E-state index contributed by atoms with van der Waals surface area (Å²) in [5.74, 6) is -2.45. The molecule has 0 spiro atoms. The summed E-state index contributed by atoms with van der Waals surface area (Å²) in [6.07, 6.45) is -1.85. The van der Waals surface area contributed by atoms with Crippen LogP contribution in [0.1, 0.15) is 12.8 Å². The monoisotopic (exact) mass is 261 g/mol. The number of alkyl halides is 1. The predicted octanol–water partition coefficient (Wildman–Crippen LogP) is -0.948. The highest BCUT2D eigenvalue weighted by atomic mass is 19.1. The predicted molar refractivity (Wildman–Crippen MR) is 53.6 cm³/mol. The number of hydrogen-bond acceptors (Lipinski definition) is 4. The molecule has 3 amide bonds. The van der Waals surface area contributed by atoms with Gasteiger partial charge in [-0.05, 0) is 12.8 Å². The highest BCUT2D eigenvalue weighted by Crippen LogP contribution is 2.30. The summed E-state index contributed by atoms with van der Waals surface area (Å²) in [7, 11) is 0. The Balaban J connectivity index is 2.10. The molecule has 3 atom stereocenters. The number of piperidine rings is 1. The lowest BCUT2D eigenvalue weighted by molar-refractivity contribution is -0.223. The molecule has 2 rings (SSSR count). The van der Waals surface area contributed by atoms with Gasteiger partial charge >= 0.3 is 18.4 Å². The highest BCUT2D eigenvalue weighted by Gasteiger charge is 2.48. The molecule has 3 N–H and O–H groups in total. The second-order valence-electron chi connectivity index (χ2n) is 4.17. The molecule has 0 aromatic carbocycles. The van der Waals surface area contributed by atoms with Crippen molar-refractivity contribution in [2.45, 2.75) is 31.3 Å². The number of hydrogen-bond donors (Lipinski definition) is 2. The molecule has 0 radical (unpaired) electrons. The molecule has 9 heteroatoms. The average Bonchev–Trinajstić information content (AvgIpc) is 2.54. The van der Waals surface area contributed by atoms with Crippen LogP contribution >= 0.6 is 0 Å². The number of carbonyl (C=O) groups is 3. The minimum Gasteiger partial charge on any atom is -0.477 e. The van der Waals surface area contributed by atoms with E-state index in [-0.39, 0.29) is 6.54 Å². The third kappa shape index (κ3) is 1.96. The van der Waals surface area contributed by atoms with Gasteiger partial charge in [0, 0.05) is 6.54 Å². The molecule has 2 heterocycles. The normalized spacial score (nSPS) is 28.4. The summed E-state index contributed by atoms with van der Waals surface area (Å²) in [5.41, 5.74) is 5.15. The van der Waals surface area contributed by atoms with Gasteiger partial charge in [0.25, 0.3) is 0 Å². The van der Waals surface area contributed by atoms with Gasteiger partial charge in [-0.1, -0.05) is 0 Å². The van der Waals surface area contributed by atoms with Gasteiger partial charge in [0.2, 0.25) is 5.91 Å². The van der Waals surface area contributed by atoms with Crippen LogP contribution in [0, 0.1) is 0 Å². The van der Waals surface area contributed by atoms with Gasteiger partial charge in [-0.2, -0.15) is 5.06 Å². The van der Waals surface area contributed by atoms with E-state index < -0.39 is 36.3 Å². The molecule has 2 fully saturated rings. The zero-order valence-electron chi connectivity index (χ0n) is 9.28. The summed E-state index contributed by atoms with van der Waals surface area (Å²) in [5, 5.41) is 9.07. The number of aliphatic carboxylic acids is 1. The van der Waals surface area contributed by atoms with Crippen LogP contribution in [0.2, 0.25) is 0 Å². The Morgan fingerprint density at radius 2 is 2.17 bits per heavy atom. The lowest BCUT2D eigenvalue weighted by atomic mass is 10.0. The lowest BCUT2D eigenvalue weighted by Crippen LogP contribution is -2.47. The fourth-order valence-corrected chi connectivity index (χ4v) is 2.21. The van der Waals surface area contributed by atoms with Gasteiger partial charge in [-0.15, -0.1) is 0 Å². The van der Waals surface area contributed by atoms with E-state index >= 15 is 0 Å². The number of halogens is 1. The van der Waals surface area contributed by atoms with E-state index in [0.717, 1.165) is 0 Å². The van der Waals surface area contributed by atoms with Crippen LogP contribution in [0.4, 0.5) is 9.18 Å². The Hall–Kier alpha value is -1.90. The Labute approximate surface area is 101 Å². The average molecular weight is 261 g/mol. The van der Waals surface area contributed by atoms with Crippen molar-refractivity contribution >= 4 is 17.9 Å². The Kier molecular flexibility index (Phi) is 3.07. The molecular formula is C9H12FN3O5. The number of amides is 3. The number of rotatable bonds is 4. The minimum atomic E-state index is -2.61. The standard InChI is InChI=1S/C9H12FN3O5/c10-6(8(15)16)18-13-4-1-2-5(7(11)14)12(3-4)9(13)17/h4-6H,1-3H2,(H2,11,14)(H,15,16)/t4?,5-,6-/m0/s1. The molecule has 1 unspecified atom stereocenters. The third-order valence-corrected chi connectivity index (χ3v) is 3.05. The van der Waals surface area contributed by atoms with Gasteiger partial charge in [-0.3, -0.25) is 4.79 Å². The summed E-state index contributed by atoms with van der Waals surface area (Å²) in [4.78, 5) is 38.9. The number of hydroxylamine groups is 2. The molecule has 8 nitrogen and oxygen atoms in total. The van der Waals surface area contributed by atoms with E-state index in [0.29, 0.717) is 17.9 Å². The van der Waals surface area contributed by atoms with Crippen LogP contribution in [0.25, 0.3) is 0 Å². The molecule has 2 aliphatic heterocycles. The van der Waals surface area contributed by atoms with Crippen LogP contribution in [-0.4, -0.2) is 58.0 Å². The van der Waals surface area contributed by atoms with Crippen LogP contribution < -0.4 is 5.73 Å². The van der Waals surface area contributed by atoms with Crippen molar-refractivity contribution in [2.24, 2.45) is 5.73 Å². The first-order chi connectivity index (χ1) is 8.41. The SMILES string of the molecule is NC(=O)[C@@H]1CCC2CN1C(=O)N2O[C@H](F)C(=O)O. The van der Waals surface area contributed by atoms with Crippen molar-refractivity contribution < 1.29 is 28.7 Å². The number of carbonyl (C=O) groups excluding carboxylic acids is 2. The molecule has 0 saturated carbocycles. The maximum Gasteiger partial charge on any atom is 0.368 e. The minimum absolute atomic E-state index is 0.179. The Morgan fingerprint density at radius 1 is 1.50 bits per heavy atom. The van der Waals surface area contributed by atoms with Crippen molar-refractivity contribution in [3.8, 4) is 0 Å². The molecule has 18 heavy (non-hydrogen) atoms. The number of carboxylic acids is 1.